The number of aliphatic hydroxyl groups is 2. The highest BCUT2D eigenvalue weighted by Crippen LogP contribution is 2.24. The Kier molecular flexibility index (Phi) is 6.81. The molecule has 2 aromatic heterocycles. The number of halogens is 2. The number of pyridine rings is 2. The molecule has 0 fully saturated rings. The molecule has 0 saturated carbocycles. The van der Waals surface area contributed by atoms with Crippen LogP contribution in [0.2, 0.25) is 5.02 Å². The quantitative estimate of drug-likeness (QED) is 0.502. The molecule has 3 rings (SSSR count). The third-order valence-electron chi connectivity index (χ3n) is 4.77. The fraction of sp³-hybridized carbons (Fsp3) is 0.286. The Bertz CT molecular complexity index is 1160. The molecule has 30 heavy (non-hydrogen) atoms. The number of hydrogen-bond acceptors (Lipinski definition) is 5. The zero-order valence-corrected chi connectivity index (χ0v) is 16.7. The number of hydrogen-bond donors (Lipinski definition) is 3. The zero-order chi connectivity index (χ0) is 21.8. The topological polar surface area (TPSA) is 113 Å². The SMILES string of the molecule is O=C(O)c1cn(CCO)c2nc(CCCO)c(Cc3cccc(Cl)c3F)cc2c1=O. The molecular formula is C21H20ClFN2O5. The first-order chi connectivity index (χ1) is 14.4. The summed E-state index contributed by atoms with van der Waals surface area (Å²) in [6.45, 7) is -0.308. The van der Waals surface area contributed by atoms with Crippen LogP contribution in [0.4, 0.5) is 4.39 Å². The van der Waals surface area contributed by atoms with Crippen LogP contribution < -0.4 is 5.43 Å². The number of aromatic carboxylic acids is 1. The lowest BCUT2D eigenvalue weighted by Gasteiger charge is -2.15. The summed E-state index contributed by atoms with van der Waals surface area (Å²) in [7, 11) is 0. The number of rotatable bonds is 8. The average Bonchev–Trinajstić information content (AvgIpc) is 2.72. The second kappa shape index (κ2) is 9.34. The second-order valence-electron chi connectivity index (χ2n) is 6.78. The Hall–Kier alpha value is -2.81. The van der Waals surface area contributed by atoms with Gasteiger partial charge in [0.05, 0.1) is 17.0 Å². The molecule has 0 aliphatic rings. The maximum absolute atomic E-state index is 14.4. The molecule has 0 aliphatic carbocycles. The molecule has 0 bridgehead atoms. The third kappa shape index (κ3) is 4.35. The van der Waals surface area contributed by atoms with Crippen LogP contribution in [-0.2, 0) is 19.4 Å². The van der Waals surface area contributed by atoms with Gasteiger partial charge in [-0.25, -0.2) is 14.2 Å². The van der Waals surface area contributed by atoms with Gasteiger partial charge in [-0.1, -0.05) is 23.7 Å². The molecule has 0 spiro atoms. The van der Waals surface area contributed by atoms with E-state index in [1.54, 1.807) is 12.1 Å². The predicted octanol–water partition coefficient (Wildman–Crippen LogP) is 2.40. The lowest BCUT2D eigenvalue weighted by molar-refractivity contribution is 0.0694. The van der Waals surface area contributed by atoms with E-state index in [0.29, 0.717) is 29.7 Å². The maximum atomic E-state index is 14.4. The van der Waals surface area contributed by atoms with Gasteiger partial charge in [0.25, 0.3) is 0 Å². The van der Waals surface area contributed by atoms with Gasteiger partial charge in [0.1, 0.15) is 17.0 Å². The van der Waals surface area contributed by atoms with E-state index in [2.05, 4.69) is 4.98 Å². The Morgan fingerprint density at radius 1 is 1.20 bits per heavy atom. The van der Waals surface area contributed by atoms with Crippen LogP contribution in [0, 0.1) is 5.82 Å². The molecule has 1 aromatic carbocycles. The van der Waals surface area contributed by atoms with Crippen molar-refractivity contribution in [1.29, 1.82) is 0 Å². The number of carboxylic acids is 1. The first kappa shape index (κ1) is 21.9. The molecule has 2 heterocycles. The summed E-state index contributed by atoms with van der Waals surface area (Å²) in [6.07, 6.45) is 2.02. The van der Waals surface area contributed by atoms with Gasteiger partial charge in [0.2, 0.25) is 5.43 Å². The van der Waals surface area contributed by atoms with Crippen LogP contribution in [0.25, 0.3) is 11.0 Å². The highest BCUT2D eigenvalue weighted by Gasteiger charge is 2.19. The first-order valence-electron chi connectivity index (χ1n) is 9.31. The average molecular weight is 435 g/mol. The van der Waals surface area contributed by atoms with Crippen molar-refractivity contribution in [3.05, 3.63) is 73.9 Å². The Labute approximate surface area is 176 Å². The number of fused-ring (bicyclic) bond motifs is 1. The number of aromatic nitrogens is 2. The van der Waals surface area contributed by atoms with Crippen molar-refractivity contribution in [1.82, 2.24) is 9.55 Å². The van der Waals surface area contributed by atoms with Crippen molar-refractivity contribution in [2.24, 2.45) is 0 Å². The summed E-state index contributed by atoms with van der Waals surface area (Å²) < 4.78 is 15.8. The van der Waals surface area contributed by atoms with Gasteiger partial charge >= 0.3 is 5.97 Å². The highest BCUT2D eigenvalue weighted by molar-refractivity contribution is 6.30. The Balaban J connectivity index is 2.26. The van der Waals surface area contributed by atoms with E-state index < -0.39 is 22.8 Å². The summed E-state index contributed by atoms with van der Waals surface area (Å²) in [4.78, 5) is 28.8. The molecule has 0 amide bonds. The molecule has 7 nitrogen and oxygen atoms in total. The van der Waals surface area contributed by atoms with E-state index >= 15 is 0 Å². The van der Waals surface area contributed by atoms with Gasteiger partial charge < -0.3 is 19.9 Å². The van der Waals surface area contributed by atoms with Gasteiger partial charge in [0, 0.05) is 31.5 Å². The third-order valence-corrected chi connectivity index (χ3v) is 5.06. The fourth-order valence-corrected chi connectivity index (χ4v) is 3.52. The fourth-order valence-electron chi connectivity index (χ4n) is 3.33. The van der Waals surface area contributed by atoms with Crippen LogP contribution in [0.3, 0.4) is 0 Å². The largest absolute Gasteiger partial charge is 0.477 e. The summed E-state index contributed by atoms with van der Waals surface area (Å²) in [5.41, 5.74) is 0.458. The van der Waals surface area contributed by atoms with E-state index in [0.717, 1.165) is 6.20 Å². The maximum Gasteiger partial charge on any atom is 0.341 e. The number of nitrogens with zero attached hydrogens (tertiary/aromatic N) is 2. The Morgan fingerprint density at radius 3 is 2.63 bits per heavy atom. The van der Waals surface area contributed by atoms with Crippen molar-refractivity contribution in [2.75, 3.05) is 13.2 Å². The summed E-state index contributed by atoms with van der Waals surface area (Å²) in [5.74, 6) is -1.97. The van der Waals surface area contributed by atoms with Gasteiger partial charge in [-0.05, 0) is 36.1 Å². The minimum absolute atomic E-state index is 0.0309. The molecule has 3 aromatic rings. The standard InChI is InChI=1S/C21H20ClFN2O5/c22-16-4-1-3-12(18(16)23)9-13-10-14-19(28)15(21(29)30)11-25(6-8-27)20(14)24-17(13)5-2-7-26/h1,3-4,10-11,26-27H,2,5-9H2,(H,29,30). The molecular weight excluding hydrogens is 415 g/mol. The van der Waals surface area contributed by atoms with Gasteiger partial charge in [-0.15, -0.1) is 0 Å². The summed E-state index contributed by atoms with van der Waals surface area (Å²) >= 11 is 5.87. The van der Waals surface area contributed by atoms with Crippen molar-refractivity contribution in [2.45, 2.75) is 25.8 Å². The van der Waals surface area contributed by atoms with Crippen LogP contribution in [0.1, 0.15) is 33.6 Å². The number of aliphatic hydroxyl groups excluding tert-OH is 2. The monoisotopic (exact) mass is 434 g/mol. The van der Waals surface area contributed by atoms with Crippen molar-refractivity contribution < 1.29 is 24.5 Å². The van der Waals surface area contributed by atoms with Gasteiger partial charge in [0.15, 0.2) is 0 Å². The molecule has 3 N–H and O–H groups in total. The van der Waals surface area contributed by atoms with E-state index in [9.17, 15) is 29.3 Å². The molecule has 0 saturated heterocycles. The lowest BCUT2D eigenvalue weighted by atomic mass is 9.99. The van der Waals surface area contributed by atoms with Gasteiger partial charge in [-0.3, -0.25) is 4.79 Å². The summed E-state index contributed by atoms with van der Waals surface area (Å²) in [5, 5.41) is 28.0. The van der Waals surface area contributed by atoms with Crippen LogP contribution >= 0.6 is 11.6 Å². The smallest absolute Gasteiger partial charge is 0.341 e. The summed E-state index contributed by atoms with van der Waals surface area (Å²) in [6, 6.07) is 6.12. The van der Waals surface area contributed by atoms with Crippen LogP contribution in [-0.4, -0.2) is 44.1 Å². The van der Waals surface area contributed by atoms with Gasteiger partial charge in [-0.2, -0.15) is 0 Å². The van der Waals surface area contributed by atoms with Crippen LogP contribution in [0.15, 0.2) is 35.3 Å². The first-order valence-corrected chi connectivity index (χ1v) is 9.69. The normalized spacial score (nSPS) is 11.2. The minimum Gasteiger partial charge on any atom is -0.477 e. The molecule has 0 atom stereocenters. The minimum atomic E-state index is -1.39. The number of carbonyl (C=O) groups is 1. The number of benzene rings is 1. The van der Waals surface area contributed by atoms with Crippen molar-refractivity contribution >= 4 is 28.6 Å². The van der Waals surface area contributed by atoms with E-state index in [1.807, 2.05) is 0 Å². The molecule has 0 radical (unpaired) electrons. The van der Waals surface area contributed by atoms with Crippen molar-refractivity contribution in [3.8, 4) is 0 Å². The molecule has 0 aliphatic heterocycles. The van der Waals surface area contributed by atoms with Crippen LogP contribution in [0.5, 0.6) is 0 Å². The van der Waals surface area contributed by atoms with E-state index in [1.165, 1.54) is 16.7 Å². The lowest BCUT2D eigenvalue weighted by Crippen LogP contribution is -2.21. The second-order valence-corrected chi connectivity index (χ2v) is 7.18. The van der Waals surface area contributed by atoms with Crippen molar-refractivity contribution in [3.63, 3.8) is 0 Å². The highest BCUT2D eigenvalue weighted by atomic mass is 35.5. The number of aryl methyl sites for hydroxylation is 1. The predicted molar refractivity (Wildman–Crippen MR) is 110 cm³/mol. The number of carboxylic acid groups (broad SMARTS) is 1. The Morgan fingerprint density at radius 2 is 1.97 bits per heavy atom. The molecule has 0 unspecified atom stereocenters. The molecule has 158 valence electrons. The van der Waals surface area contributed by atoms with E-state index in [4.69, 9.17) is 11.6 Å². The van der Waals surface area contributed by atoms with E-state index in [-0.39, 0.29) is 42.2 Å². The zero-order valence-electron chi connectivity index (χ0n) is 15.9. The molecule has 9 heteroatoms.